The van der Waals surface area contributed by atoms with Crippen LogP contribution in [0.15, 0.2) is 84.9 Å². The Morgan fingerprint density at radius 1 is 0.725 bits per heavy atom. The molecule has 216 valence electrons. The van der Waals surface area contributed by atoms with Gasteiger partial charge in [0.05, 0.1) is 17.8 Å². The normalized spacial score (nSPS) is 14.8. The van der Waals surface area contributed by atoms with E-state index >= 15 is 0 Å². The van der Waals surface area contributed by atoms with Crippen molar-refractivity contribution in [3.63, 3.8) is 0 Å². The van der Waals surface area contributed by atoms with E-state index in [2.05, 4.69) is 127 Å². The van der Waals surface area contributed by atoms with E-state index in [0.29, 0.717) is 12.0 Å². The van der Waals surface area contributed by atoms with Crippen LogP contribution in [0.4, 0.5) is 0 Å². The van der Waals surface area contributed by atoms with E-state index < -0.39 is 0 Å². The minimum absolute atomic E-state index is 0. The maximum Gasteiger partial charge on any atom is 0.138 e. The molecule has 0 amide bonds. The summed E-state index contributed by atoms with van der Waals surface area (Å²) in [5, 5.41) is 0. The Kier molecular flexibility index (Phi) is 13.2. The molecule has 4 nitrogen and oxygen atoms in total. The Hall–Kier alpha value is -2.34. The molecule has 0 spiro atoms. The van der Waals surface area contributed by atoms with Crippen molar-refractivity contribution in [1.29, 1.82) is 0 Å². The number of imidazole rings is 1. The number of hydrogen-bond acceptors (Lipinski definition) is 3. The summed E-state index contributed by atoms with van der Waals surface area (Å²) in [6.07, 6.45) is 0.960. The molecule has 0 aliphatic carbocycles. The second-order valence-electron chi connectivity index (χ2n) is 10.6. The summed E-state index contributed by atoms with van der Waals surface area (Å²) in [5.74, 6) is 1.48. The van der Waals surface area contributed by atoms with Gasteiger partial charge in [0.1, 0.15) is 5.82 Å². The monoisotopic (exact) mass is 600 g/mol. The van der Waals surface area contributed by atoms with Crippen LogP contribution in [0.1, 0.15) is 60.9 Å². The lowest BCUT2D eigenvalue weighted by molar-refractivity contribution is 0.0598. The fourth-order valence-electron chi connectivity index (χ4n) is 5.97. The van der Waals surface area contributed by atoms with E-state index in [4.69, 9.17) is 4.98 Å². The van der Waals surface area contributed by atoms with Crippen molar-refractivity contribution in [3.05, 3.63) is 113 Å². The van der Waals surface area contributed by atoms with E-state index in [1.54, 1.807) is 0 Å². The molecule has 0 radical (unpaired) electrons. The summed E-state index contributed by atoms with van der Waals surface area (Å²) in [7, 11) is 0. The number of aryl methyl sites for hydroxylation is 2. The molecule has 4 aromatic rings. The van der Waals surface area contributed by atoms with Gasteiger partial charge in [0, 0.05) is 37.4 Å². The number of H-pyrrole nitrogens is 1. The van der Waals surface area contributed by atoms with Gasteiger partial charge in [-0.15, -0.1) is 37.2 Å². The number of benzene rings is 3. The second kappa shape index (κ2) is 15.6. The lowest BCUT2D eigenvalue weighted by Gasteiger charge is -2.43. The molecule has 1 unspecified atom stereocenters. The molecule has 7 heteroatoms. The quantitative estimate of drug-likeness (QED) is 0.221. The average Bonchev–Trinajstić information content (AvgIpc) is 3.34. The number of aromatic amines is 1. The first-order valence-corrected chi connectivity index (χ1v) is 13.8. The van der Waals surface area contributed by atoms with Crippen LogP contribution in [0.3, 0.4) is 0 Å². The fourth-order valence-corrected chi connectivity index (χ4v) is 5.97. The molecular formula is C33H43Cl3N4. The molecule has 1 aliphatic heterocycles. The van der Waals surface area contributed by atoms with Crippen molar-refractivity contribution in [3.8, 4) is 11.4 Å². The molecule has 1 N–H and O–H groups in total. The smallest absolute Gasteiger partial charge is 0.138 e. The summed E-state index contributed by atoms with van der Waals surface area (Å²) < 4.78 is 0. The highest BCUT2D eigenvalue weighted by Gasteiger charge is 2.33. The van der Waals surface area contributed by atoms with E-state index in [1.165, 1.54) is 33.6 Å². The first-order chi connectivity index (χ1) is 18.1. The van der Waals surface area contributed by atoms with Crippen molar-refractivity contribution < 1.29 is 0 Å². The number of nitrogens with zero attached hydrogens (tertiary/aromatic N) is 3. The Morgan fingerprint density at radius 3 is 1.73 bits per heavy atom. The standard InChI is InChI=1S/C33H40N4.3ClH/c1-5-29-30(35-33(34-29)28-19-13-12-14-25(28)4)31(24(2)3)36-20-22-37(23-21-36)32(26-15-8-6-9-16-26)27-17-10-7-11-18-27;;;/h6-19,24,31-32H,5,20-23H2,1-4H3,(H,34,35);3*1H. The van der Waals surface area contributed by atoms with Gasteiger partial charge in [0.15, 0.2) is 0 Å². The Morgan fingerprint density at radius 2 is 1.23 bits per heavy atom. The largest absolute Gasteiger partial charge is 0.342 e. The lowest BCUT2D eigenvalue weighted by atomic mass is 9.94. The summed E-state index contributed by atoms with van der Waals surface area (Å²) in [6.45, 7) is 13.2. The summed E-state index contributed by atoms with van der Waals surface area (Å²) in [6, 6.07) is 31.1. The molecule has 1 saturated heterocycles. The average molecular weight is 602 g/mol. The van der Waals surface area contributed by atoms with Gasteiger partial charge in [0.2, 0.25) is 0 Å². The minimum atomic E-state index is 0. The van der Waals surface area contributed by atoms with Crippen LogP contribution in [-0.2, 0) is 6.42 Å². The molecule has 0 bridgehead atoms. The molecule has 1 aromatic heterocycles. The van der Waals surface area contributed by atoms with Crippen LogP contribution in [0.5, 0.6) is 0 Å². The maximum absolute atomic E-state index is 5.25. The SMILES string of the molecule is CCc1[nH]c(-c2ccccc2C)nc1C(C(C)C)N1CCN(C(c2ccccc2)c2ccccc2)CC1.Cl.Cl.Cl. The highest BCUT2D eigenvalue weighted by Crippen LogP contribution is 2.35. The molecule has 3 aromatic carbocycles. The number of piperazine rings is 1. The van der Waals surface area contributed by atoms with Crippen molar-refractivity contribution in [2.24, 2.45) is 5.92 Å². The first kappa shape index (κ1) is 33.9. The number of hydrogen-bond donors (Lipinski definition) is 1. The third kappa shape index (κ3) is 7.29. The second-order valence-corrected chi connectivity index (χ2v) is 10.6. The zero-order valence-corrected chi connectivity index (χ0v) is 26.4. The molecule has 1 aliphatic rings. The summed E-state index contributed by atoms with van der Waals surface area (Å²) in [5.41, 5.74) is 7.69. The number of nitrogens with one attached hydrogen (secondary N) is 1. The van der Waals surface area contributed by atoms with Gasteiger partial charge >= 0.3 is 0 Å². The van der Waals surface area contributed by atoms with Gasteiger partial charge in [-0.25, -0.2) is 4.98 Å². The zero-order chi connectivity index (χ0) is 25.8. The van der Waals surface area contributed by atoms with Crippen LogP contribution in [-0.4, -0.2) is 45.9 Å². The Bertz CT molecular complexity index is 1250. The van der Waals surface area contributed by atoms with Crippen LogP contribution in [0.2, 0.25) is 0 Å². The highest BCUT2D eigenvalue weighted by atomic mass is 35.5. The molecule has 0 saturated carbocycles. The zero-order valence-electron chi connectivity index (χ0n) is 23.9. The Labute approximate surface area is 258 Å². The van der Waals surface area contributed by atoms with Crippen LogP contribution >= 0.6 is 37.2 Å². The molecular weight excluding hydrogens is 559 g/mol. The predicted molar refractivity (Wildman–Crippen MR) is 175 cm³/mol. The van der Waals surface area contributed by atoms with Gasteiger partial charge < -0.3 is 4.98 Å². The van der Waals surface area contributed by atoms with Gasteiger partial charge in [-0.2, -0.15) is 0 Å². The van der Waals surface area contributed by atoms with Crippen molar-refractivity contribution >= 4 is 37.2 Å². The van der Waals surface area contributed by atoms with Gasteiger partial charge in [-0.05, 0) is 36.0 Å². The maximum atomic E-state index is 5.25. The lowest BCUT2D eigenvalue weighted by Crippen LogP contribution is -2.50. The van der Waals surface area contributed by atoms with Crippen LogP contribution < -0.4 is 0 Å². The fraction of sp³-hybridized carbons (Fsp3) is 0.364. The van der Waals surface area contributed by atoms with Gasteiger partial charge in [-0.3, -0.25) is 9.80 Å². The third-order valence-electron chi connectivity index (χ3n) is 7.81. The van der Waals surface area contributed by atoms with Crippen molar-refractivity contribution in [2.45, 2.75) is 46.2 Å². The predicted octanol–water partition coefficient (Wildman–Crippen LogP) is 8.32. The number of rotatable bonds is 8. The van der Waals surface area contributed by atoms with Gasteiger partial charge in [-0.1, -0.05) is 106 Å². The molecule has 2 heterocycles. The van der Waals surface area contributed by atoms with Crippen LogP contribution in [0, 0.1) is 12.8 Å². The molecule has 40 heavy (non-hydrogen) atoms. The van der Waals surface area contributed by atoms with Crippen LogP contribution in [0.25, 0.3) is 11.4 Å². The minimum Gasteiger partial charge on any atom is -0.342 e. The molecule has 1 atom stereocenters. The van der Waals surface area contributed by atoms with Crippen molar-refractivity contribution in [2.75, 3.05) is 26.2 Å². The highest BCUT2D eigenvalue weighted by molar-refractivity contribution is 5.86. The summed E-state index contributed by atoms with van der Waals surface area (Å²) in [4.78, 5) is 14.3. The van der Waals surface area contributed by atoms with E-state index in [-0.39, 0.29) is 43.3 Å². The topological polar surface area (TPSA) is 35.2 Å². The van der Waals surface area contributed by atoms with Crippen molar-refractivity contribution in [1.82, 2.24) is 19.8 Å². The first-order valence-electron chi connectivity index (χ1n) is 13.8. The van der Waals surface area contributed by atoms with Gasteiger partial charge in [0.25, 0.3) is 0 Å². The van der Waals surface area contributed by atoms with E-state index in [1.807, 2.05) is 0 Å². The number of aromatic nitrogens is 2. The molecule has 1 fully saturated rings. The van der Waals surface area contributed by atoms with E-state index in [0.717, 1.165) is 38.4 Å². The van der Waals surface area contributed by atoms with E-state index in [9.17, 15) is 0 Å². The number of halogens is 3. The Balaban J connectivity index is 0.00000187. The third-order valence-corrected chi connectivity index (χ3v) is 7.81. The molecule has 5 rings (SSSR count). The summed E-state index contributed by atoms with van der Waals surface area (Å²) >= 11 is 0.